The first-order valence-corrected chi connectivity index (χ1v) is 5.56. The summed E-state index contributed by atoms with van der Waals surface area (Å²) in [6, 6.07) is 0. The molecule has 0 heterocycles. The molecule has 17 heavy (non-hydrogen) atoms. The van der Waals surface area contributed by atoms with Gasteiger partial charge in [0.2, 0.25) is 0 Å². The van der Waals surface area contributed by atoms with Gasteiger partial charge in [-0.15, -0.1) is 24.4 Å². The SMILES string of the molecule is CC(C)[O-].CC(C)[O-].CC(C)[O-].CC(C)[O-].[Ge]. The molecule has 0 aromatic heterocycles. The predicted octanol–water partition coefficient (Wildman–Crippen LogP) is -1.36. The van der Waals surface area contributed by atoms with Gasteiger partial charge in [-0.25, -0.2) is 0 Å². The van der Waals surface area contributed by atoms with E-state index in [0.717, 1.165) is 0 Å². The first-order valence-electron chi connectivity index (χ1n) is 5.56. The molecule has 0 saturated heterocycles. The molecule has 0 aliphatic heterocycles. The Morgan fingerprint density at radius 2 is 0.412 bits per heavy atom. The summed E-state index contributed by atoms with van der Waals surface area (Å²) in [5.74, 6) is 0. The van der Waals surface area contributed by atoms with E-state index in [-0.39, 0.29) is 17.6 Å². The molecule has 0 aliphatic rings. The molecule has 108 valence electrons. The first-order chi connectivity index (χ1) is 6.93. The van der Waals surface area contributed by atoms with Crippen LogP contribution in [-0.2, 0) is 0 Å². The van der Waals surface area contributed by atoms with E-state index in [2.05, 4.69) is 0 Å². The van der Waals surface area contributed by atoms with Gasteiger partial charge < -0.3 is 20.4 Å². The Morgan fingerprint density at radius 1 is 0.412 bits per heavy atom. The molecule has 0 fully saturated rings. The van der Waals surface area contributed by atoms with Crippen LogP contribution in [-0.4, -0.2) is 42.0 Å². The third kappa shape index (κ3) is 23100. The molecule has 4 nitrogen and oxygen atoms in total. The van der Waals surface area contributed by atoms with Gasteiger partial charge in [-0.3, -0.25) is 0 Å². The summed E-state index contributed by atoms with van der Waals surface area (Å²) in [4.78, 5) is 0. The van der Waals surface area contributed by atoms with Crippen LogP contribution in [0.4, 0.5) is 0 Å². The van der Waals surface area contributed by atoms with Gasteiger partial charge in [0.05, 0.1) is 0 Å². The van der Waals surface area contributed by atoms with E-state index in [1.807, 2.05) is 0 Å². The molecule has 0 rings (SSSR count). The van der Waals surface area contributed by atoms with Crippen LogP contribution in [0.1, 0.15) is 55.4 Å². The minimum absolute atomic E-state index is 0. The zero-order chi connectivity index (χ0) is 14.3. The Balaban J connectivity index is -0.0000000369. The second-order valence-electron chi connectivity index (χ2n) is 4.20. The summed E-state index contributed by atoms with van der Waals surface area (Å²) in [5.41, 5.74) is 0. The quantitative estimate of drug-likeness (QED) is 0.517. The second-order valence-corrected chi connectivity index (χ2v) is 4.20. The molecule has 0 atom stereocenters. The predicted molar refractivity (Wildman–Crippen MR) is 66.3 cm³/mol. The van der Waals surface area contributed by atoms with Gasteiger partial charge in [0.15, 0.2) is 0 Å². The van der Waals surface area contributed by atoms with Crippen molar-refractivity contribution in [1.29, 1.82) is 0 Å². The van der Waals surface area contributed by atoms with Gasteiger partial charge in [0, 0.05) is 17.6 Å². The van der Waals surface area contributed by atoms with Crippen molar-refractivity contribution < 1.29 is 20.4 Å². The van der Waals surface area contributed by atoms with Crippen LogP contribution in [0, 0.1) is 0 Å². The van der Waals surface area contributed by atoms with E-state index in [9.17, 15) is 20.4 Å². The molecule has 0 saturated carbocycles. The van der Waals surface area contributed by atoms with Crippen LogP contribution < -0.4 is 20.4 Å². The number of rotatable bonds is 0. The smallest absolute Gasteiger partial charge is 0 e. The number of hydrogen-bond donors (Lipinski definition) is 0. The van der Waals surface area contributed by atoms with Gasteiger partial charge in [0.25, 0.3) is 0 Å². The fraction of sp³-hybridized carbons (Fsp3) is 1.00. The van der Waals surface area contributed by atoms with Crippen molar-refractivity contribution >= 4 is 17.6 Å². The van der Waals surface area contributed by atoms with Crippen LogP contribution in [0.2, 0.25) is 0 Å². The zero-order valence-corrected chi connectivity index (χ0v) is 14.5. The Hall–Kier alpha value is 0.383. The van der Waals surface area contributed by atoms with Crippen molar-refractivity contribution in [3.05, 3.63) is 0 Å². The molecule has 0 aromatic carbocycles. The van der Waals surface area contributed by atoms with Crippen LogP contribution in [0.5, 0.6) is 0 Å². The maximum Gasteiger partial charge on any atom is 0 e. The summed E-state index contributed by atoms with van der Waals surface area (Å²) in [5, 5.41) is 38.1. The summed E-state index contributed by atoms with van der Waals surface area (Å²) in [7, 11) is 0. The molecule has 0 aliphatic carbocycles. The molecule has 0 amide bonds. The minimum Gasteiger partial charge on any atom is -0.852 e. The maximum absolute atomic E-state index is 9.53. The summed E-state index contributed by atoms with van der Waals surface area (Å²) < 4.78 is 0. The van der Waals surface area contributed by atoms with Crippen molar-refractivity contribution in [3.8, 4) is 0 Å². The molecule has 0 N–H and O–H groups in total. The van der Waals surface area contributed by atoms with Crippen LogP contribution in [0.25, 0.3) is 0 Å². The second kappa shape index (κ2) is 25.3. The zero-order valence-electron chi connectivity index (χ0n) is 12.4. The van der Waals surface area contributed by atoms with E-state index in [0.29, 0.717) is 0 Å². The van der Waals surface area contributed by atoms with Crippen molar-refractivity contribution in [2.75, 3.05) is 0 Å². The average molecular weight is 309 g/mol. The molecule has 0 spiro atoms. The molecule has 0 unspecified atom stereocenters. The Morgan fingerprint density at radius 3 is 0.412 bits per heavy atom. The van der Waals surface area contributed by atoms with E-state index >= 15 is 0 Å². The maximum atomic E-state index is 9.53. The first kappa shape index (κ1) is 30.4. The van der Waals surface area contributed by atoms with E-state index in [1.54, 1.807) is 55.4 Å². The summed E-state index contributed by atoms with van der Waals surface area (Å²) in [6.07, 6.45) is -1.67. The Labute approximate surface area is 118 Å². The number of hydrogen-bond acceptors (Lipinski definition) is 4. The van der Waals surface area contributed by atoms with Gasteiger partial charge in [-0.05, 0) is 0 Å². The third-order valence-corrected chi connectivity index (χ3v) is 0. The molecular weight excluding hydrogens is 281 g/mol. The van der Waals surface area contributed by atoms with E-state index < -0.39 is 24.4 Å². The fourth-order valence-corrected chi connectivity index (χ4v) is 0. The van der Waals surface area contributed by atoms with Crippen molar-refractivity contribution in [3.63, 3.8) is 0 Å². The topological polar surface area (TPSA) is 92.2 Å². The summed E-state index contributed by atoms with van der Waals surface area (Å²) in [6.45, 7) is 12.9. The molecule has 4 radical (unpaired) electrons. The van der Waals surface area contributed by atoms with Gasteiger partial charge in [-0.2, -0.15) is 0 Å². The average Bonchev–Trinajstić information content (AvgIpc) is 1.76. The molecule has 5 heteroatoms. The van der Waals surface area contributed by atoms with Crippen molar-refractivity contribution in [2.45, 2.75) is 79.8 Å². The van der Waals surface area contributed by atoms with Gasteiger partial charge in [0.1, 0.15) is 0 Å². The Kier molecular flexibility index (Phi) is 45.3. The monoisotopic (exact) mass is 310 g/mol. The Bertz CT molecular complexity index is 61.5. The third-order valence-electron chi connectivity index (χ3n) is 0. The van der Waals surface area contributed by atoms with Crippen LogP contribution in [0.3, 0.4) is 0 Å². The van der Waals surface area contributed by atoms with Crippen molar-refractivity contribution in [1.82, 2.24) is 0 Å². The molecular formula is C12H28GeO4-4. The standard InChI is InChI=1S/4C3H7O.Ge/c4*1-3(2)4;/h4*3H,1-2H3;/q4*-1;. The summed E-state index contributed by atoms with van der Waals surface area (Å²) >= 11 is 0. The largest absolute Gasteiger partial charge is 0.852 e. The molecule has 0 bridgehead atoms. The van der Waals surface area contributed by atoms with Gasteiger partial charge >= 0.3 is 0 Å². The van der Waals surface area contributed by atoms with E-state index in [4.69, 9.17) is 0 Å². The fourth-order valence-electron chi connectivity index (χ4n) is 0. The normalized spacial score (nSPS) is 8.47. The minimum atomic E-state index is -0.417. The molecule has 0 aromatic rings. The van der Waals surface area contributed by atoms with Crippen molar-refractivity contribution in [2.24, 2.45) is 0 Å². The van der Waals surface area contributed by atoms with Crippen LogP contribution in [0.15, 0.2) is 0 Å². The van der Waals surface area contributed by atoms with E-state index in [1.165, 1.54) is 0 Å². The van der Waals surface area contributed by atoms with Crippen LogP contribution >= 0.6 is 0 Å². The van der Waals surface area contributed by atoms with Gasteiger partial charge in [-0.1, -0.05) is 55.4 Å².